The van der Waals surface area contributed by atoms with Gasteiger partial charge in [0.05, 0.1) is 17.6 Å². The molecule has 3 unspecified atom stereocenters. The van der Waals surface area contributed by atoms with Crippen molar-refractivity contribution in [3.05, 3.63) is 105 Å². The molecule has 4 heterocycles. The lowest BCUT2D eigenvalue weighted by molar-refractivity contribution is -0.137. The summed E-state index contributed by atoms with van der Waals surface area (Å²) in [6, 6.07) is 11.2. The average Bonchev–Trinajstić information content (AvgIpc) is 3.32. The van der Waals surface area contributed by atoms with Crippen molar-refractivity contribution in [1.29, 1.82) is 0 Å². The lowest BCUT2D eigenvalue weighted by Gasteiger charge is -2.26. The van der Waals surface area contributed by atoms with Gasteiger partial charge in [-0.25, -0.2) is 9.78 Å². The summed E-state index contributed by atoms with van der Waals surface area (Å²) < 4.78 is 13.0. The van der Waals surface area contributed by atoms with E-state index in [2.05, 4.69) is 63.7 Å². The molecule has 40 heavy (non-hydrogen) atoms. The number of thioether (sulfide) groups is 1. The highest BCUT2D eigenvalue weighted by atomic mass is 32.2. The zero-order chi connectivity index (χ0) is 26.8. The summed E-state index contributed by atoms with van der Waals surface area (Å²) in [5.41, 5.74) is 3.47. The highest BCUT2D eigenvalue weighted by Crippen LogP contribution is 2.50. The number of fused-ring (bicyclic) bond motifs is 3. The second-order valence-corrected chi connectivity index (χ2v) is 11.5. The number of H-pyrrole nitrogens is 1. The number of allylic oxidation sites excluding steroid dienone is 4. The number of ether oxygens (including phenoxy) is 1. The molecule has 3 atom stereocenters. The number of carbonyl (C=O) groups excluding carboxylic acids is 1. The smallest absolute Gasteiger partial charge is 0.336 e. The SMILES string of the molecule is O=C(Oc1c[nH]cn1)C1CSc2c(C3CC3)c(-c3cc(C4=c5ccccc5=CC5C=CC=CC45)no3)cc(=O)n21. The Morgan fingerprint density at radius 2 is 2.02 bits per heavy atom. The molecule has 0 saturated heterocycles. The van der Waals surface area contributed by atoms with E-state index in [1.165, 1.54) is 29.5 Å². The maximum absolute atomic E-state index is 13.5. The molecule has 1 fully saturated rings. The van der Waals surface area contributed by atoms with Crippen LogP contribution in [-0.2, 0) is 4.79 Å². The second kappa shape index (κ2) is 9.09. The molecule has 0 radical (unpaired) electrons. The molecule has 3 aromatic heterocycles. The number of pyridine rings is 1. The highest BCUT2D eigenvalue weighted by Gasteiger charge is 2.40. The molecule has 0 spiro atoms. The number of hydrogen-bond donors (Lipinski definition) is 1. The normalized spacial score (nSPS) is 22.4. The van der Waals surface area contributed by atoms with Gasteiger partial charge in [-0.2, -0.15) is 0 Å². The van der Waals surface area contributed by atoms with Crippen LogP contribution in [0.2, 0.25) is 0 Å². The number of carbonyl (C=O) groups is 1. The van der Waals surface area contributed by atoms with Crippen molar-refractivity contribution in [2.24, 2.45) is 11.8 Å². The summed E-state index contributed by atoms with van der Waals surface area (Å²) in [7, 11) is 0. The number of aromatic nitrogens is 4. The van der Waals surface area contributed by atoms with E-state index in [0.29, 0.717) is 17.4 Å². The van der Waals surface area contributed by atoms with Crippen LogP contribution in [0, 0.1) is 11.8 Å². The summed E-state index contributed by atoms with van der Waals surface area (Å²) >= 11 is 1.52. The van der Waals surface area contributed by atoms with Crippen LogP contribution in [0.15, 0.2) is 87.6 Å². The minimum Gasteiger partial charge on any atom is -0.404 e. The molecule has 1 aliphatic heterocycles. The van der Waals surface area contributed by atoms with Gasteiger partial charge in [0, 0.05) is 35.3 Å². The van der Waals surface area contributed by atoms with Gasteiger partial charge in [-0.1, -0.05) is 59.8 Å². The van der Waals surface area contributed by atoms with Gasteiger partial charge < -0.3 is 14.2 Å². The van der Waals surface area contributed by atoms with Crippen molar-refractivity contribution in [2.45, 2.75) is 29.8 Å². The van der Waals surface area contributed by atoms with Crippen molar-refractivity contribution in [2.75, 3.05) is 5.75 Å². The summed E-state index contributed by atoms with van der Waals surface area (Å²) in [5, 5.41) is 7.70. The van der Waals surface area contributed by atoms with Crippen LogP contribution in [-0.4, -0.2) is 31.4 Å². The molecule has 1 aromatic carbocycles. The molecule has 3 aliphatic carbocycles. The number of imidazole rings is 1. The zero-order valence-electron chi connectivity index (χ0n) is 21.3. The molecular formula is C31H24N4O4S. The van der Waals surface area contributed by atoms with E-state index in [-0.39, 0.29) is 23.3 Å². The quantitative estimate of drug-likeness (QED) is 0.379. The number of nitrogens with zero attached hydrogens (tertiary/aromatic N) is 3. The molecule has 1 N–H and O–H groups in total. The first kappa shape index (κ1) is 23.5. The fraction of sp³-hybridized carbons (Fsp3) is 0.226. The van der Waals surface area contributed by atoms with Gasteiger partial charge in [0.15, 0.2) is 5.76 Å². The highest BCUT2D eigenvalue weighted by molar-refractivity contribution is 7.99. The minimum absolute atomic E-state index is 0.156. The third-order valence-corrected chi connectivity index (χ3v) is 9.23. The number of esters is 1. The van der Waals surface area contributed by atoms with Gasteiger partial charge >= 0.3 is 5.97 Å². The Bertz CT molecular complexity index is 1910. The van der Waals surface area contributed by atoms with E-state index in [0.717, 1.165) is 45.5 Å². The molecule has 0 bridgehead atoms. The van der Waals surface area contributed by atoms with Gasteiger partial charge in [0.1, 0.15) is 11.7 Å². The predicted octanol–water partition coefficient (Wildman–Crippen LogP) is 3.71. The van der Waals surface area contributed by atoms with Crippen LogP contribution in [0.1, 0.15) is 36.1 Å². The predicted molar refractivity (Wildman–Crippen MR) is 150 cm³/mol. The molecule has 8 nitrogen and oxygen atoms in total. The minimum atomic E-state index is -0.713. The fourth-order valence-electron chi connectivity index (χ4n) is 6.09. The molecule has 0 amide bonds. The van der Waals surface area contributed by atoms with Gasteiger partial charge in [-0.15, -0.1) is 11.8 Å². The van der Waals surface area contributed by atoms with Crippen LogP contribution < -0.4 is 20.7 Å². The van der Waals surface area contributed by atoms with E-state index in [4.69, 9.17) is 9.26 Å². The van der Waals surface area contributed by atoms with Crippen molar-refractivity contribution < 1.29 is 14.1 Å². The lowest BCUT2D eigenvalue weighted by Crippen LogP contribution is -2.36. The fourth-order valence-corrected chi connectivity index (χ4v) is 7.48. The van der Waals surface area contributed by atoms with Crippen molar-refractivity contribution in [1.82, 2.24) is 19.7 Å². The van der Waals surface area contributed by atoms with E-state index >= 15 is 0 Å². The summed E-state index contributed by atoms with van der Waals surface area (Å²) in [6.45, 7) is 0. The Labute approximate surface area is 232 Å². The van der Waals surface area contributed by atoms with E-state index in [1.807, 2.05) is 12.1 Å². The molecule has 8 rings (SSSR count). The average molecular weight is 549 g/mol. The maximum Gasteiger partial charge on any atom is 0.336 e. The molecule has 198 valence electrons. The Balaban J connectivity index is 1.23. The summed E-state index contributed by atoms with van der Waals surface area (Å²) in [5.74, 6) is 1.41. The van der Waals surface area contributed by atoms with Crippen LogP contribution in [0.5, 0.6) is 5.88 Å². The van der Waals surface area contributed by atoms with E-state index in [1.54, 1.807) is 10.6 Å². The molecule has 4 aromatic rings. The van der Waals surface area contributed by atoms with Crippen LogP contribution >= 0.6 is 11.8 Å². The van der Waals surface area contributed by atoms with Crippen LogP contribution in [0.3, 0.4) is 0 Å². The largest absolute Gasteiger partial charge is 0.404 e. The monoisotopic (exact) mass is 548 g/mol. The first-order valence-electron chi connectivity index (χ1n) is 13.4. The topological polar surface area (TPSA) is 103 Å². The van der Waals surface area contributed by atoms with Crippen molar-refractivity contribution in [3.8, 4) is 17.2 Å². The zero-order valence-corrected chi connectivity index (χ0v) is 22.1. The van der Waals surface area contributed by atoms with Gasteiger partial charge in [0.2, 0.25) is 5.88 Å². The third kappa shape index (κ3) is 3.76. The summed E-state index contributed by atoms with van der Waals surface area (Å²) in [6.07, 6.45) is 15.9. The standard InChI is InChI=1S/C31H24N4O4S/c36-27-12-22(28(17-9-10-17)30-35(27)24(15-40-30)31(37)38-26-14-32-16-33-26)25-13-23(34-39-25)29-20-7-3-1-5-18(20)11-19-6-2-4-8-21(19)29/h1-8,11-14,16-18,20,24H,9-10,15H2,(H,32,33). The van der Waals surface area contributed by atoms with Crippen molar-refractivity contribution in [3.63, 3.8) is 0 Å². The second-order valence-electron chi connectivity index (χ2n) is 10.5. The van der Waals surface area contributed by atoms with Crippen LogP contribution in [0.25, 0.3) is 23.0 Å². The number of aromatic amines is 1. The Morgan fingerprint density at radius 1 is 1.15 bits per heavy atom. The van der Waals surface area contributed by atoms with Crippen LogP contribution in [0.4, 0.5) is 0 Å². The Morgan fingerprint density at radius 3 is 2.88 bits per heavy atom. The van der Waals surface area contributed by atoms with Crippen molar-refractivity contribution >= 4 is 29.4 Å². The summed E-state index contributed by atoms with van der Waals surface area (Å²) in [4.78, 5) is 33.2. The maximum atomic E-state index is 13.5. The third-order valence-electron chi connectivity index (χ3n) is 8.06. The number of benzene rings is 1. The number of nitrogens with one attached hydrogen (secondary N) is 1. The number of hydrogen-bond acceptors (Lipinski definition) is 7. The Kier molecular flexibility index (Phi) is 5.34. The molecular weight excluding hydrogens is 524 g/mol. The molecule has 1 saturated carbocycles. The van der Waals surface area contributed by atoms with E-state index in [9.17, 15) is 9.59 Å². The Hall–Kier alpha value is -4.37. The van der Waals surface area contributed by atoms with E-state index < -0.39 is 12.0 Å². The lowest BCUT2D eigenvalue weighted by atomic mass is 9.77. The number of rotatable bonds is 5. The van der Waals surface area contributed by atoms with Gasteiger partial charge in [-0.05, 0) is 40.3 Å². The van der Waals surface area contributed by atoms with Gasteiger partial charge in [0.25, 0.3) is 5.56 Å². The first-order valence-corrected chi connectivity index (χ1v) is 14.4. The molecule has 4 aliphatic rings. The first-order chi connectivity index (χ1) is 19.7. The molecule has 9 heteroatoms. The van der Waals surface area contributed by atoms with Gasteiger partial charge in [-0.3, -0.25) is 9.36 Å².